The fourth-order valence-electron chi connectivity index (χ4n) is 1.78. The maximum atomic E-state index is 9.95. The van der Waals surface area contributed by atoms with Crippen LogP contribution in [0.4, 0.5) is 5.69 Å². The Labute approximate surface area is 112 Å². The average molecular weight is 258 g/mol. The minimum absolute atomic E-state index is 0.260. The molecule has 19 heavy (non-hydrogen) atoms. The van der Waals surface area contributed by atoms with Gasteiger partial charge < -0.3 is 15.6 Å². The maximum Gasteiger partial charge on any atom is 0.102 e. The molecule has 1 atom stereocenters. The van der Waals surface area contributed by atoms with Crippen LogP contribution < -0.4 is 5.73 Å². The molecule has 1 aromatic heterocycles. The van der Waals surface area contributed by atoms with E-state index in [4.69, 9.17) is 10.5 Å². The van der Waals surface area contributed by atoms with Gasteiger partial charge in [0.2, 0.25) is 0 Å². The number of nitrogens with two attached hydrogens (primary N) is 1. The van der Waals surface area contributed by atoms with Gasteiger partial charge in [0.05, 0.1) is 13.2 Å². The molecule has 0 spiro atoms. The van der Waals surface area contributed by atoms with Crippen molar-refractivity contribution in [3.8, 4) is 0 Å². The monoisotopic (exact) mass is 258 g/mol. The smallest absolute Gasteiger partial charge is 0.102 e. The van der Waals surface area contributed by atoms with Gasteiger partial charge in [-0.15, -0.1) is 0 Å². The van der Waals surface area contributed by atoms with Gasteiger partial charge in [-0.3, -0.25) is 4.98 Å². The standard InChI is InChI=1S/C15H18N2O2/c16-13-5-3-4-12(10-13)15(18)11-19-9-7-14-6-1-2-8-17-14/h1-6,8,10,15,18H,7,9,11,16H2. The third-order valence-electron chi connectivity index (χ3n) is 2.80. The van der Waals surface area contributed by atoms with Crippen LogP contribution in [0.25, 0.3) is 0 Å². The molecule has 0 radical (unpaired) electrons. The number of rotatable bonds is 6. The molecule has 2 rings (SSSR count). The number of hydrogen-bond acceptors (Lipinski definition) is 4. The highest BCUT2D eigenvalue weighted by atomic mass is 16.5. The second-order valence-electron chi connectivity index (χ2n) is 4.33. The fourth-order valence-corrected chi connectivity index (χ4v) is 1.78. The van der Waals surface area contributed by atoms with Gasteiger partial charge in [-0.25, -0.2) is 0 Å². The van der Waals surface area contributed by atoms with Crippen molar-refractivity contribution in [2.24, 2.45) is 0 Å². The molecule has 0 aliphatic heterocycles. The van der Waals surface area contributed by atoms with E-state index < -0.39 is 6.10 Å². The van der Waals surface area contributed by atoms with Gasteiger partial charge in [0.15, 0.2) is 0 Å². The van der Waals surface area contributed by atoms with E-state index in [1.807, 2.05) is 30.3 Å². The largest absolute Gasteiger partial charge is 0.399 e. The molecule has 1 heterocycles. The van der Waals surface area contributed by atoms with Crippen molar-refractivity contribution >= 4 is 5.69 Å². The van der Waals surface area contributed by atoms with E-state index in [0.717, 1.165) is 17.7 Å². The van der Waals surface area contributed by atoms with Gasteiger partial charge in [0, 0.05) is 24.0 Å². The summed E-state index contributed by atoms with van der Waals surface area (Å²) in [6.07, 6.45) is 1.86. The maximum absolute atomic E-state index is 9.95. The van der Waals surface area contributed by atoms with Crippen LogP contribution in [0.2, 0.25) is 0 Å². The Balaban J connectivity index is 1.74. The first-order valence-electron chi connectivity index (χ1n) is 6.27. The predicted octanol–water partition coefficient (Wildman–Crippen LogP) is 1.96. The first kappa shape index (κ1) is 13.5. The Hall–Kier alpha value is -1.91. The number of aliphatic hydroxyl groups is 1. The van der Waals surface area contributed by atoms with E-state index in [1.165, 1.54) is 0 Å². The molecule has 0 aliphatic rings. The summed E-state index contributed by atoms with van der Waals surface area (Å²) >= 11 is 0. The summed E-state index contributed by atoms with van der Waals surface area (Å²) < 4.78 is 5.46. The zero-order valence-electron chi connectivity index (χ0n) is 10.7. The van der Waals surface area contributed by atoms with Crippen molar-refractivity contribution in [1.29, 1.82) is 0 Å². The highest BCUT2D eigenvalue weighted by Crippen LogP contribution is 2.15. The summed E-state index contributed by atoms with van der Waals surface area (Å²) in [5.74, 6) is 0. The van der Waals surface area contributed by atoms with Crippen LogP contribution in [0.5, 0.6) is 0 Å². The molecular formula is C15H18N2O2. The third kappa shape index (κ3) is 4.35. The molecule has 0 aliphatic carbocycles. The Morgan fingerprint density at radius 1 is 1.21 bits per heavy atom. The van der Waals surface area contributed by atoms with E-state index >= 15 is 0 Å². The van der Waals surface area contributed by atoms with E-state index in [-0.39, 0.29) is 6.61 Å². The number of nitrogens with zero attached hydrogens (tertiary/aromatic N) is 1. The SMILES string of the molecule is Nc1cccc(C(O)COCCc2ccccn2)c1. The van der Waals surface area contributed by atoms with Crippen molar-refractivity contribution < 1.29 is 9.84 Å². The van der Waals surface area contributed by atoms with E-state index in [2.05, 4.69) is 4.98 Å². The number of nitrogen functional groups attached to an aromatic ring is 1. The lowest BCUT2D eigenvalue weighted by Gasteiger charge is -2.12. The quantitative estimate of drug-likeness (QED) is 0.614. The van der Waals surface area contributed by atoms with Gasteiger partial charge in [-0.2, -0.15) is 0 Å². The van der Waals surface area contributed by atoms with Crippen LogP contribution in [0.15, 0.2) is 48.7 Å². The van der Waals surface area contributed by atoms with Gasteiger partial charge in [-0.1, -0.05) is 18.2 Å². The van der Waals surface area contributed by atoms with Crippen LogP contribution >= 0.6 is 0 Å². The van der Waals surface area contributed by atoms with Crippen molar-refractivity contribution in [1.82, 2.24) is 4.98 Å². The number of aliphatic hydroxyl groups excluding tert-OH is 1. The lowest BCUT2D eigenvalue weighted by Crippen LogP contribution is -2.09. The Morgan fingerprint density at radius 2 is 2.11 bits per heavy atom. The minimum Gasteiger partial charge on any atom is -0.399 e. The number of aromatic nitrogens is 1. The van der Waals surface area contributed by atoms with E-state index in [1.54, 1.807) is 18.3 Å². The highest BCUT2D eigenvalue weighted by Gasteiger charge is 2.07. The number of ether oxygens (including phenoxy) is 1. The van der Waals surface area contributed by atoms with Crippen LogP contribution in [0, 0.1) is 0 Å². The van der Waals surface area contributed by atoms with Crippen LogP contribution in [0.3, 0.4) is 0 Å². The molecule has 0 bridgehead atoms. The van der Waals surface area contributed by atoms with Crippen molar-refractivity contribution in [2.75, 3.05) is 18.9 Å². The molecule has 0 saturated carbocycles. The highest BCUT2D eigenvalue weighted by molar-refractivity contribution is 5.41. The van der Waals surface area contributed by atoms with Gasteiger partial charge >= 0.3 is 0 Å². The van der Waals surface area contributed by atoms with Crippen LogP contribution in [0.1, 0.15) is 17.4 Å². The van der Waals surface area contributed by atoms with Crippen LogP contribution in [-0.4, -0.2) is 23.3 Å². The van der Waals surface area contributed by atoms with Crippen molar-refractivity contribution in [3.05, 3.63) is 59.9 Å². The average Bonchev–Trinajstić information content (AvgIpc) is 2.44. The van der Waals surface area contributed by atoms with Gasteiger partial charge in [0.1, 0.15) is 6.10 Å². The van der Waals surface area contributed by atoms with Gasteiger partial charge in [-0.05, 0) is 29.8 Å². The molecule has 0 amide bonds. The number of anilines is 1. The van der Waals surface area contributed by atoms with Gasteiger partial charge in [0.25, 0.3) is 0 Å². The molecule has 100 valence electrons. The minimum atomic E-state index is -0.646. The Bertz CT molecular complexity index is 503. The molecule has 4 heteroatoms. The topological polar surface area (TPSA) is 68.4 Å². The van der Waals surface area contributed by atoms with E-state index in [9.17, 15) is 5.11 Å². The summed E-state index contributed by atoms with van der Waals surface area (Å²) in [7, 11) is 0. The number of benzene rings is 1. The normalized spacial score (nSPS) is 12.3. The molecule has 1 aromatic carbocycles. The second kappa shape index (κ2) is 6.87. The molecule has 0 saturated heterocycles. The Morgan fingerprint density at radius 3 is 2.84 bits per heavy atom. The lowest BCUT2D eigenvalue weighted by atomic mass is 10.1. The summed E-state index contributed by atoms with van der Waals surface area (Å²) in [4.78, 5) is 4.21. The lowest BCUT2D eigenvalue weighted by molar-refractivity contribution is 0.0372. The summed E-state index contributed by atoms with van der Waals surface area (Å²) in [6, 6.07) is 13.0. The molecular weight excluding hydrogens is 240 g/mol. The molecule has 4 nitrogen and oxygen atoms in total. The van der Waals surface area contributed by atoms with E-state index in [0.29, 0.717) is 12.3 Å². The summed E-state index contributed by atoms with van der Waals surface area (Å²) in [6.45, 7) is 0.798. The predicted molar refractivity (Wildman–Crippen MR) is 74.6 cm³/mol. The number of hydrogen-bond donors (Lipinski definition) is 2. The second-order valence-corrected chi connectivity index (χ2v) is 4.33. The number of pyridine rings is 1. The zero-order chi connectivity index (χ0) is 13.5. The van der Waals surface area contributed by atoms with Crippen LogP contribution in [-0.2, 0) is 11.2 Å². The molecule has 1 unspecified atom stereocenters. The Kier molecular flexibility index (Phi) is 4.89. The molecule has 2 aromatic rings. The zero-order valence-corrected chi connectivity index (χ0v) is 10.7. The first-order valence-corrected chi connectivity index (χ1v) is 6.27. The third-order valence-corrected chi connectivity index (χ3v) is 2.80. The molecule has 3 N–H and O–H groups in total. The summed E-state index contributed by atoms with van der Waals surface area (Å²) in [5.41, 5.74) is 8.07. The first-order chi connectivity index (χ1) is 9.25. The van der Waals surface area contributed by atoms with Crippen molar-refractivity contribution in [2.45, 2.75) is 12.5 Å². The van der Waals surface area contributed by atoms with Crippen molar-refractivity contribution in [3.63, 3.8) is 0 Å². The molecule has 0 fully saturated rings. The fraction of sp³-hybridized carbons (Fsp3) is 0.267. The summed E-state index contributed by atoms with van der Waals surface area (Å²) in [5, 5.41) is 9.95.